The number of amides is 8. The zero-order valence-corrected chi connectivity index (χ0v) is 51.2. The van der Waals surface area contributed by atoms with Crippen molar-refractivity contribution in [2.45, 2.75) is 110 Å². The number of nitrogens with two attached hydrogens (primary N) is 2. The van der Waals surface area contributed by atoms with Crippen LogP contribution in [0.5, 0.6) is 23.0 Å². The maximum absolute atomic E-state index is 14.2. The maximum atomic E-state index is 14.2. The fourth-order valence-corrected chi connectivity index (χ4v) is 10.7. The fraction of sp³-hybridized carbons (Fsp3) is 0.409. The van der Waals surface area contributed by atoms with Crippen LogP contribution in [0.1, 0.15) is 108 Å². The SMILES string of the molecule is CCc1ccccc1CN1CC=Nc2cc(OCCN(CCOc3cc4c(cc3OC)C(=O)N3Cc5ccccc5C[C@H]3C=N4)C(=O)OCc3ccc(NC(=O)[C@H](CCCNC(N)=O)NC(=O)[C@@H](NC(=O)CCCCCN)C(C)C)cc3)c(OC)cc2C1=O. The summed E-state index contributed by atoms with van der Waals surface area (Å²) in [5, 5.41) is 10.9. The minimum atomic E-state index is -1.06. The molecule has 3 atom stereocenters. The number of nitrogens with one attached hydrogen (secondary N) is 4. The number of urea groups is 1. The molecule has 8 rings (SSSR count). The lowest BCUT2D eigenvalue weighted by molar-refractivity contribution is -0.132. The molecular formula is C66H81N11O12. The van der Waals surface area contributed by atoms with Crippen molar-refractivity contribution >= 4 is 71.2 Å². The predicted octanol–water partition coefficient (Wildman–Crippen LogP) is 7.54. The van der Waals surface area contributed by atoms with Crippen LogP contribution in [0.3, 0.4) is 0 Å². The summed E-state index contributed by atoms with van der Waals surface area (Å²) in [5.41, 5.74) is 17.8. The van der Waals surface area contributed by atoms with E-state index < -0.39 is 36.0 Å². The molecule has 23 heteroatoms. The molecule has 3 aliphatic rings. The molecule has 3 aliphatic heterocycles. The Hall–Kier alpha value is -9.51. The second-order valence-corrected chi connectivity index (χ2v) is 22.2. The number of rotatable bonds is 30. The zero-order chi connectivity index (χ0) is 63.4. The van der Waals surface area contributed by atoms with E-state index >= 15 is 0 Å². The van der Waals surface area contributed by atoms with Crippen molar-refractivity contribution in [3.05, 3.63) is 136 Å². The molecular weight excluding hydrogens is 1140 g/mol. The van der Waals surface area contributed by atoms with Crippen LogP contribution in [0, 0.1) is 5.92 Å². The number of hydrogen-bond donors (Lipinski definition) is 6. The Labute approximate surface area is 518 Å². The Morgan fingerprint density at radius 2 is 1.39 bits per heavy atom. The van der Waals surface area contributed by atoms with Gasteiger partial charge in [0.05, 0.1) is 62.4 Å². The van der Waals surface area contributed by atoms with Crippen LogP contribution in [-0.2, 0) is 51.7 Å². The molecule has 89 heavy (non-hydrogen) atoms. The van der Waals surface area contributed by atoms with Crippen LogP contribution in [0.15, 0.2) is 107 Å². The van der Waals surface area contributed by atoms with Gasteiger partial charge < -0.3 is 71.1 Å². The van der Waals surface area contributed by atoms with Crippen LogP contribution in [0.2, 0.25) is 0 Å². The Bertz CT molecular complexity index is 3390. The second kappa shape index (κ2) is 31.9. The molecule has 0 bridgehead atoms. The second-order valence-electron chi connectivity index (χ2n) is 22.2. The van der Waals surface area contributed by atoms with Crippen LogP contribution >= 0.6 is 0 Å². The summed E-state index contributed by atoms with van der Waals surface area (Å²) in [5.74, 6) is -0.870. The molecule has 0 aliphatic carbocycles. The van der Waals surface area contributed by atoms with Crippen LogP contribution in [0.25, 0.3) is 0 Å². The van der Waals surface area contributed by atoms with E-state index in [1.807, 2.05) is 41.3 Å². The third-order valence-electron chi connectivity index (χ3n) is 15.7. The van der Waals surface area contributed by atoms with E-state index in [9.17, 15) is 33.6 Å². The first-order valence-electron chi connectivity index (χ1n) is 30.2. The van der Waals surface area contributed by atoms with Crippen molar-refractivity contribution in [1.82, 2.24) is 30.7 Å². The first-order valence-corrected chi connectivity index (χ1v) is 30.2. The first kappa shape index (κ1) is 65.5. The van der Waals surface area contributed by atoms with E-state index in [1.165, 1.54) is 19.1 Å². The van der Waals surface area contributed by atoms with E-state index in [0.29, 0.717) is 102 Å². The van der Waals surface area contributed by atoms with E-state index in [0.717, 1.165) is 41.5 Å². The van der Waals surface area contributed by atoms with Crippen molar-refractivity contribution in [3.63, 3.8) is 0 Å². The zero-order valence-electron chi connectivity index (χ0n) is 51.2. The third-order valence-corrected chi connectivity index (χ3v) is 15.7. The molecule has 0 spiro atoms. The van der Waals surface area contributed by atoms with Crippen LogP contribution < -0.4 is 51.7 Å². The van der Waals surface area contributed by atoms with Gasteiger partial charge in [-0.2, -0.15) is 0 Å². The summed E-state index contributed by atoms with van der Waals surface area (Å²) in [6, 6.07) is 26.3. The summed E-state index contributed by atoms with van der Waals surface area (Å²) in [7, 11) is 2.96. The van der Waals surface area contributed by atoms with Gasteiger partial charge >= 0.3 is 12.1 Å². The van der Waals surface area contributed by atoms with E-state index in [1.54, 1.807) is 79.7 Å². The maximum Gasteiger partial charge on any atom is 0.410 e. The van der Waals surface area contributed by atoms with E-state index in [2.05, 4.69) is 45.3 Å². The number of anilines is 1. The van der Waals surface area contributed by atoms with Crippen molar-refractivity contribution in [2.75, 3.05) is 65.5 Å². The minimum Gasteiger partial charge on any atom is -0.493 e. The monoisotopic (exact) mass is 1220 g/mol. The molecule has 5 aromatic carbocycles. The van der Waals surface area contributed by atoms with Gasteiger partial charge in [0.25, 0.3) is 11.8 Å². The van der Waals surface area contributed by atoms with E-state index in [4.69, 9.17) is 40.1 Å². The van der Waals surface area contributed by atoms with Gasteiger partial charge in [-0.25, -0.2) is 9.59 Å². The highest BCUT2D eigenvalue weighted by Gasteiger charge is 2.34. The number of ether oxygens (including phenoxy) is 5. The Kier molecular flexibility index (Phi) is 23.5. The number of aryl methyl sites for hydroxylation is 1. The van der Waals surface area contributed by atoms with Gasteiger partial charge in [0, 0.05) is 56.3 Å². The number of primary amides is 1. The molecule has 0 aromatic heterocycles. The highest BCUT2D eigenvalue weighted by atomic mass is 16.6. The largest absolute Gasteiger partial charge is 0.493 e. The van der Waals surface area contributed by atoms with Crippen molar-refractivity contribution in [1.29, 1.82) is 0 Å². The summed E-state index contributed by atoms with van der Waals surface area (Å²) < 4.78 is 30.0. The lowest BCUT2D eigenvalue weighted by atomic mass is 9.94. The summed E-state index contributed by atoms with van der Waals surface area (Å²) in [6.07, 6.45) is 7.07. The number of unbranched alkanes of at least 4 members (excludes halogenated alkanes) is 2. The average Bonchev–Trinajstić information content (AvgIpc) is 1.87. The van der Waals surface area contributed by atoms with Crippen molar-refractivity contribution in [2.24, 2.45) is 27.4 Å². The standard InChI is InChI=1S/C66H81N11O12/c1-6-44-15-9-11-17-46(44)39-76-28-27-69-53-36-57(55(85-4)34-50(53)63(76)81)87-31-29-75(30-32-88-58-37-54-51(35-56(58)86-5)64(82)77-40-47-18-12-10-16-45(47)33-49(77)38-71-54)66(84)89-41-43-21-23-48(24-22-43)72-61(79)52(19-14-26-70-65(68)83)73-62(80)60(42(2)3)74-59(78)20-8-7-13-25-67/h9-12,15-18,21-24,27,34-38,42,49,52,60H,6-8,13-14,19-20,25-26,28-33,39-41,67H2,1-5H3,(H,72,79)(H,73,80)(H,74,78)(H3,68,70,83)/t49-,52-,60-/m0/s1. The van der Waals surface area contributed by atoms with Gasteiger partial charge in [-0.1, -0.05) is 87.9 Å². The van der Waals surface area contributed by atoms with Crippen LogP contribution in [0.4, 0.5) is 26.7 Å². The van der Waals surface area contributed by atoms with Crippen molar-refractivity contribution < 1.29 is 57.2 Å². The van der Waals surface area contributed by atoms with Gasteiger partial charge in [0.15, 0.2) is 23.0 Å². The summed E-state index contributed by atoms with van der Waals surface area (Å²) >= 11 is 0. The Morgan fingerprint density at radius 1 is 0.742 bits per heavy atom. The van der Waals surface area contributed by atoms with Gasteiger partial charge in [-0.3, -0.25) is 34.0 Å². The average molecular weight is 1220 g/mol. The van der Waals surface area contributed by atoms with Gasteiger partial charge in [0.1, 0.15) is 31.9 Å². The minimum absolute atomic E-state index is 0.00333. The van der Waals surface area contributed by atoms with Crippen molar-refractivity contribution in [3.8, 4) is 23.0 Å². The summed E-state index contributed by atoms with van der Waals surface area (Å²) in [6.45, 7) is 7.20. The molecule has 8 N–H and O–H groups in total. The lowest BCUT2D eigenvalue weighted by Crippen LogP contribution is -2.54. The highest BCUT2D eigenvalue weighted by molar-refractivity contribution is 6.04. The number of nitrogens with zero attached hydrogens (tertiary/aromatic N) is 5. The topological polar surface area (TPSA) is 300 Å². The molecule has 0 saturated carbocycles. The number of fused-ring (bicyclic) bond motifs is 4. The quantitative estimate of drug-likeness (QED) is 0.0243. The number of aliphatic imine (C=N–C) groups is 2. The number of carbonyl (C=O) groups excluding carboxylic acids is 7. The molecule has 8 amide bonds. The summed E-state index contributed by atoms with van der Waals surface area (Å²) in [4.78, 5) is 108. The number of benzene rings is 5. The molecule has 5 aromatic rings. The molecule has 0 radical (unpaired) electrons. The molecule has 0 fully saturated rings. The Morgan fingerprint density at radius 3 is 2.04 bits per heavy atom. The van der Waals surface area contributed by atoms with Gasteiger partial charge in [0.2, 0.25) is 17.7 Å². The molecule has 0 saturated heterocycles. The van der Waals surface area contributed by atoms with Crippen LogP contribution in [-0.4, -0.2) is 147 Å². The molecule has 3 heterocycles. The molecule has 23 nitrogen and oxygen atoms in total. The first-order chi connectivity index (χ1) is 43.1. The lowest BCUT2D eigenvalue weighted by Gasteiger charge is -2.34. The smallest absolute Gasteiger partial charge is 0.410 e. The van der Waals surface area contributed by atoms with Gasteiger partial charge in [-0.15, -0.1) is 0 Å². The molecule has 472 valence electrons. The van der Waals surface area contributed by atoms with E-state index in [-0.39, 0.29) is 82.0 Å². The highest BCUT2D eigenvalue weighted by Crippen LogP contribution is 2.40. The third kappa shape index (κ3) is 17.6. The normalized spacial score (nSPS) is 14.6. The number of carbonyl (C=O) groups is 7. The Balaban J connectivity index is 0.947. The molecule has 0 unspecified atom stereocenters. The van der Waals surface area contributed by atoms with Gasteiger partial charge in [-0.05, 0) is 103 Å². The number of methoxy groups -OCH3 is 2. The predicted molar refractivity (Wildman–Crippen MR) is 338 cm³/mol. The fourth-order valence-electron chi connectivity index (χ4n) is 10.7. The number of hydrogen-bond acceptors (Lipinski definition) is 15.